The number of hydrogen-bond donors (Lipinski definition) is 1. The summed E-state index contributed by atoms with van der Waals surface area (Å²) in [7, 11) is 0. The number of ether oxygens (including phenoxy) is 1. The summed E-state index contributed by atoms with van der Waals surface area (Å²) in [6.07, 6.45) is 1.94. The number of carbonyl (C=O) groups is 1. The van der Waals surface area contributed by atoms with Crippen LogP contribution in [0.1, 0.15) is 25.6 Å². The standard InChI is InChI=1S/C22H21N5O3/c1-2-26-21(29)17-5-3-4-6-18(17)27-19(24-25-22(26)27)13-30-16-11-9-15(10-12-16)23-20(28)14-7-8-14/h3-6,9-12,14H,2,7-8,13H2,1H3,(H,23,28). The summed E-state index contributed by atoms with van der Waals surface area (Å²) < 4.78 is 9.38. The third-order valence-corrected chi connectivity index (χ3v) is 5.33. The summed E-state index contributed by atoms with van der Waals surface area (Å²) in [4.78, 5) is 24.6. The second-order valence-corrected chi connectivity index (χ2v) is 7.39. The summed E-state index contributed by atoms with van der Waals surface area (Å²) in [6.45, 7) is 2.60. The minimum Gasteiger partial charge on any atom is -0.486 e. The number of hydrogen-bond acceptors (Lipinski definition) is 5. The van der Waals surface area contributed by atoms with Crippen LogP contribution in [0.3, 0.4) is 0 Å². The van der Waals surface area contributed by atoms with Crippen LogP contribution in [0.2, 0.25) is 0 Å². The molecule has 2 heterocycles. The normalized spacial score (nSPS) is 13.6. The van der Waals surface area contributed by atoms with E-state index in [0.29, 0.717) is 29.3 Å². The Hall–Kier alpha value is -3.68. The van der Waals surface area contributed by atoms with E-state index in [-0.39, 0.29) is 24.0 Å². The minimum absolute atomic E-state index is 0.0763. The molecule has 30 heavy (non-hydrogen) atoms. The molecule has 0 bridgehead atoms. The van der Waals surface area contributed by atoms with Crippen LogP contribution < -0.4 is 15.6 Å². The zero-order valence-electron chi connectivity index (χ0n) is 16.5. The summed E-state index contributed by atoms with van der Waals surface area (Å²) in [6, 6.07) is 14.7. The van der Waals surface area contributed by atoms with Gasteiger partial charge < -0.3 is 10.1 Å². The van der Waals surface area contributed by atoms with Gasteiger partial charge in [-0.3, -0.25) is 18.6 Å². The van der Waals surface area contributed by atoms with Gasteiger partial charge in [0.2, 0.25) is 11.7 Å². The van der Waals surface area contributed by atoms with E-state index in [1.54, 1.807) is 4.57 Å². The first-order valence-corrected chi connectivity index (χ1v) is 10.0. The second kappa shape index (κ2) is 7.29. The fraction of sp³-hybridized carbons (Fsp3) is 0.273. The fourth-order valence-corrected chi connectivity index (χ4v) is 3.57. The molecule has 2 aromatic carbocycles. The molecule has 0 saturated heterocycles. The number of carbonyl (C=O) groups excluding carboxylic acids is 1. The number of benzene rings is 2. The number of amides is 1. The molecule has 0 aliphatic heterocycles. The van der Waals surface area contributed by atoms with E-state index in [4.69, 9.17) is 4.74 Å². The highest BCUT2D eigenvalue weighted by atomic mass is 16.5. The maximum Gasteiger partial charge on any atom is 0.262 e. The third-order valence-electron chi connectivity index (χ3n) is 5.33. The second-order valence-electron chi connectivity index (χ2n) is 7.39. The average Bonchev–Trinajstić information content (AvgIpc) is 3.54. The monoisotopic (exact) mass is 403 g/mol. The molecule has 0 radical (unpaired) electrons. The van der Waals surface area contributed by atoms with Crippen molar-refractivity contribution in [1.82, 2.24) is 19.2 Å². The molecule has 1 aliphatic rings. The highest BCUT2D eigenvalue weighted by Crippen LogP contribution is 2.30. The Balaban J connectivity index is 1.41. The lowest BCUT2D eigenvalue weighted by Gasteiger charge is -2.10. The Morgan fingerprint density at radius 3 is 2.63 bits per heavy atom. The van der Waals surface area contributed by atoms with E-state index < -0.39 is 0 Å². The molecule has 0 unspecified atom stereocenters. The number of para-hydroxylation sites is 1. The highest BCUT2D eigenvalue weighted by molar-refractivity contribution is 5.94. The summed E-state index contributed by atoms with van der Waals surface area (Å²) in [5.41, 5.74) is 1.43. The van der Waals surface area contributed by atoms with Gasteiger partial charge in [-0.1, -0.05) is 12.1 Å². The molecule has 1 saturated carbocycles. The van der Waals surface area contributed by atoms with Crippen LogP contribution >= 0.6 is 0 Å². The smallest absolute Gasteiger partial charge is 0.262 e. The lowest BCUT2D eigenvalue weighted by atomic mass is 10.2. The van der Waals surface area contributed by atoms with Crippen molar-refractivity contribution in [3.05, 3.63) is 64.7 Å². The van der Waals surface area contributed by atoms with Crippen LogP contribution in [0.5, 0.6) is 5.75 Å². The molecule has 1 aliphatic carbocycles. The average molecular weight is 403 g/mol. The van der Waals surface area contributed by atoms with Crippen molar-refractivity contribution >= 4 is 28.3 Å². The predicted octanol–water partition coefficient (Wildman–Crippen LogP) is 2.99. The first-order chi connectivity index (χ1) is 14.7. The van der Waals surface area contributed by atoms with Crippen molar-refractivity contribution in [2.75, 3.05) is 5.32 Å². The van der Waals surface area contributed by atoms with Crippen molar-refractivity contribution in [2.24, 2.45) is 5.92 Å². The van der Waals surface area contributed by atoms with Crippen molar-refractivity contribution in [3.63, 3.8) is 0 Å². The van der Waals surface area contributed by atoms with Gasteiger partial charge in [-0.05, 0) is 56.2 Å². The van der Waals surface area contributed by atoms with Crippen molar-refractivity contribution in [2.45, 2.75) is 32.9 Å². The molecular formula is C22H21N5O3. The molecule has 8 nitrogen and oxygen atoms in total. The Kier molecular flexibility index (Phi) is 4.46. The molecule has 4 aromatic rings. The molecule has 152 valence electrons. The van der Waals surface area contributed by atoms with Crippen molar-refractivity contribution in [1.29, 1.82) is 0 Å². The van der Waals surface area contributed by atoms with Crippen LogP contribution in [-0.2, 0) is 17.9 Å². The highest BCUT2D eigenvalue weighted by Gasteiger charge is 2.29. The van der Waals surface area contributed by atoms with Crippen LogP contribution in [0, 0.1) is 5.92 Å². The van der Waals surface area contributed by atoms with E-state index in [9.17, 15) is 9.59 Å². The molecule has 2 aromatic heterocycles. The molecule has 1 N–H and O–H groups in total. The molecule has 5 rings (SSSR count). The maximum absolute atomic E-state index is 12.7. The Morgan fingerprint density at radius 1 is 1.13 bits per heavy atom. The number of anilines is 1. The van der Waals surface area contributed by atoms with E-state index in [1.165, 1.54) is 0 Å². The molecule has 1 fully saturated rings. The number of aryl methyl sites for hydroxylation is 1. The van der Waals surface area contributed by atoms with Gasteiger partial charge in [-0.15, -0.1) is 10.2 Å². The first kappa shape index (κ1) is 18.4. The first-order valence-electron chi connectivity index (χ1n) is 10.0. The van der Waals surface area contributed by atoms with Gasteiger partial charge in [0.15, 0.2) is 5.82 Å². The number of nitrogens with one attached hydrogen (secondary N) is 1. The van der Waals surface area contributed by atoms with Gasteiger partial charge in [0.1, 0.15) is 12.4 Å². The summed E-state index contributed by atoms with van der Waals surface area (Å²) in [5.74, 6) is 2.00. The third kappa shape index (κ3) is 3.20. The Morgan fingerprint density at radius 2 is 1.90 bits per heavy atom. The van der Waals surface area contributed by atoms with E-state index in [0.717, 1.165) is 24.0 Å². The van der Waals surface area contributed by atoms with Crippen molar-refractivity contribution < 1.29 is 9.53 Å². The van der Waals surface area contributed by atoms with Gasteiger partial charge in [0, 0.05) is 18.2 Å². The van der Waals surface area contributed by atoms with Gasteiger partial charge in [0.05, 0.1) is 10.9 Å². The van der Waals surface area contributed by atoms with E-state index in [1.807, 2.05) is 59.9 Å². The topological polar surface area (TPSA) is 90.5 Å². The number of aromatic nitrogens is 4. The quantitative estimate of drug-likeness (QED) is 0.534. The van der Waals surface area contributed by atoms with Crippen LogP contribution in [-0.4, -0.2) is 25.1 Å². The maximum atomic E-state index is 12.7. The SMILES string of the molecule is CCn1c(=O)c2ccccc2n2c(COc3ccc(NC(=O)C4CC4)cc3)nnc12. The van der Waals surface area contributed by atoms with E-state index in [2.05, 4.69) is 15.5 Å². The minimum atomic E-state index is -0.0794. The number of nitrogens with zero attached hydrogens (tertiary/aromatic N) is 4. The summed E-state index contributed by atoms with van der Waals surface area (Å²) in [5, 5.41) is 12.0. The number of fused-ring (bicyclic) bond motifs is 3. The zero-order chi connectivity index (χ0) is 20.7. The zero-order valence-corrected chi connectivity index (χ0v) is 16.5. The fourth-order valence-electron chi connectivity index (χ4n) is 3.57. The van der Waals surface area contributed by atoms with Gasteiger partial charge in [0.25, 0.3) is 5.56 Å². The summed E-state index contributed by atoms with van der Waals surface area (Å²) >= 11 is 0. The molecule has 0 atom stereocenters. The number of rotatable bonds is 6. The van der Waals surface area contributed by atoms with Gasteiger partial charge in [-0.2, -0.15) is 0 Å². The lowest BCUT2D eigenvalue weighted by Crippen LogP contribution is -2.22. The van der Waals surface area contributed by atoms with Crippen LogP contribution in [0.4, 0.5) is 5.69 Å². The van der Waals surface area contributed by atoms with Gasteiger partial charge >= 0.3 is 0 Å². The van der Waals surface area contributed by atoms with Crippen LogP contribution in [0.25, 0.3) is 16.7 Å². The predicted molar refractivity (Wildman–Crippen MR) is 113 cm³/mol. The molecule has 0 spiro atoms. The molecule has 8 heteroatoms. The largest absolute Gasteiger partial charge is 0.486 e. The van der Waals surface area contributed by atoms with Crippen molar-refractivity contribution in [3.8, 4) is 5.75 Å². The van der Waals surface area contributed by atoms with E-state index >= 15 is 0 Å². The molecule has 1 amide bonds. The Bertz CT molecular complexity index is 1300. The Labute approximate surface area is 172 Å². The van der Waals surface area contributed by atoms with Crippen LogP contribution in [0.15, 0.2) is 53.3 Å². The molecular weight excluding hydrogens is 382 g/mol. The lowest BCUT2D eigenvalue weighted by molar-refractivity contribution is -0.117. The van der Waals surface area contributed by atoms with Gasteiger partial charge in [-0.25, -0.2) is 0 Å².